The van der Waals surface area contributed by atoms with Gasteiger partial charge in [0.2, 0.25) is 12.4 Å². The van der Waals surface area contributed by atoms with Crippen molar-refractivity contribution < 1.29 is 0 Å². The number of hydrogen-bond donors (Lipinski definition) is 1. The minimum atomic E-state index is -1.22. The molecule has 6 nitrogen and oxygen atoms in total. The summed E-state index contributed by atoms with van der Waals surface area (Å²) in [4.78, 5) is 5.56. The molecule has 0 amide bonds. The molecule has 2 heterocycles. The average molecular weight is 377 g/mol. The summed E-state index contributed by atoms with van der Waals surface area (Å²) in [6.07, 6.45) is 11.7. The molecule has 0 radical (unpaired) electrons. The standard InChI is InChI=1S/C21H30BN6/c1-16-12-14-17(15-13-16)20-23-21-25-26-27-28(21)22(24-20,18-8-4-2-5-9-18)19-10-6-3-7-11-19/h12-15,18-19H,2-11H2,1H3,(H,23,24,25,27)/q-1. The lowest BCUT2D eigenvalue weighted by Gasteiger charge is -2.54. The molecule has 0 unspecified atom stereocenters. The third kappa shape index (κ3) is 2.95. The summed E-state index contributed by atoms with van der Waals surface area (Å²) in [5, 5.41) is 16.4. The molecule has 1 aromatic carbocycles. The van der Waals surface area contributed by atoms with Crippen molar-refractivity contribution >= 4 is 18.2 Å². The van der Waals surface area contributed by atoms with Crippen LogP contribution in [-0.4, -0.2) is 32.4 Å². The third-order valence-electron chi connectivity index (χ3n) is 7.46. The van der Waals surface area contributed by atoms with E-state index < -0.39 is 6.42 Å². The number of aromatic nitrogens is 4. The van der Waals surface area contributed by atoms with Crippen LogP contribution in [0.2, 0.25) is 11.6 Å². The molecule has 1 N–H and O–H groups in total. The van der Waals surface area contributed by atoms with Crippen molar-refractivity contribution in [1.29, 1.82) is 0 Å². The molecule has 2 aliphatic carbocycles. The highest BCUT2D eigenvalue weighted by atomic mass is 15.6. The van der Waals surface area contributed by atoms with E-state index in [9.17, 15) is 0 Å². The first kappa shape index (κ1) is 17.9. The van der Waals surface area contributed by atoms with Crippen LogP contribution >= 0.6 is 0 Å². The van der Waals surface area contributed by atoms with Gasteiger partial charge in [0.1, 0.15) is 0 Å². The van der Waals surface area contributed by atoms with Crippen molar-refractivity contribution in [2.45, 2.75) is 82.8 Å². The predicted octanol–water partition coefficient (Wildman–Crippen LogP) is 4.81. The summed E-state index contributed by atoms with van der Waals surface area (Å²) in [5.74, 6) is 2.88. The van der Waals surface area contributed by atoms with Crippen LogP contribution in [0.25, 0.3) is 0 Å². The fourth-order valence-electron chi connectivity index (χ4n) is 6.06. The van der Waals surface area contributed by atoms with E-state index in [1.807, 2.05) is 0 Å². The number of nitrogens with one attached hydrogen (secondary N) is 1. The van der Waals surface area contributed by atoms with Crippen LogP contribution in [0, 0.1) is 6.92 Å². The Balaban J connectivity index is 1.66. The monoisotopic (exact) mass is 377 g/mol. The molecule has 0 atom stereocenters. The predicted molar refractivity (Wildman–Crippen MR) is 114 cm³/mol. The molecule has 1 aliphatic heterocycles. The Morgan fingerprint density at radius 1 is 0.893 bits per heavy atom. The highest BCUT2D eigenvalue weighted by Gasteiger charge is 2.46. The molecular formula is C21H30BN6-. The van der Waals surface area contributed by atoms with E-state index in [0.717, 1.165) is 17.3 Å². The Kier molecular flexibility index (Phi) is 4.69. The molecule has 2 saturated carbocycles. The van der Waals surface area contributed by atoms with Crippen LogP contribution in [0.15, 0.2) is 29.2 Å². The molecular weight excluding hydrogens is 347 g/mol. The van der Waals surface area contributed by atoms with E-state index >= 15 is 0 Å². The Bertz CT molecular complexity index is 828. The van der Waals surface area contributed by atoms with E-state index in [0.29, 0.717) is 11.6 Å². The molecule has 5 rings (SSSR count). The third-order valence-corrected chi connectivity index (χ3v) is 7.46. The van der Waals surface area contributed by atoms with Crippen LogP contribution in [-0.2, 0) is 0 Å². The van der Waals surface area contributed by atoms with Gasteiger partial charge in [-0.2, -0.15) is 0 Å². The molecule has 28 heavy (non-hydrogen) atoms. The van der Waals surface area contributed by atoms with E-state index in [4.69, 9.17) is 4.90 Å². The second-order valence-corrected chi connectivity index (χ2v) is 9.12. The maximum atomic E-state index is 5.56. The summed E-state index contributed by atoms with van der Waals surface area (Å²) < 4.78 is 2.11. The molecule has 3 aliphatic rings. The number of hydrogen-bond acceptors (Lipinski definition) is 5. The van der Waals surface area contributed by atoms with Crippen molar-refractivity contribution in [3.05, 3.63) is 35.4 Å². The fraction of sp³-hybridized carbons (Fsp3) is 0.619. The number of aryl methyl sites for hydroxylation is 1. The van der Waals surface area contributed by atoms with Crippen molar-refractivity contribution in [3.8, 4) is 0 Å². The highest BCUT2D eigenvalue weighted by molar-refractivity contribution is 6.81. The number of nitrogens with zero attached hydrogens (tertiary/aromatic N) is 5. The fourth-order valence-corrected chi connectivity index (χ4v) is 6.06. The number of rotatable bonds is 3. The van der Waals surface area contributed by atoms with Crippen molar-refractivity contribution in [3.63, 3.8) is 0 Å². The zero-order chi connectivity index (χ0) is 19.0. The van der Waals surface area contributed by atoms with Gasteiger partial charge in [-0.05, 0) is 12.1 Å². The van der Waals surface area contributed by atoms with Crippen LogP contribution in [0.3, 0.4) is 0 Å². The molecule has 148 valence electrons. The molecule has 2 aromatic rings. The Morgan fingerprint density at radius 2 is 1.50 bits per heavy atom. The average Bonchev–Trinajstić information content (AvgIpc) is 3.24. The first-order valence-electron chi connectivity index (χ1n) is 11.2. The van der Waals surface area contributed by atoms with Gasteiger partial charge in [0.05, 0.1) is 5.84 Å². The molecule has 7 heteroatoms. The summed E-state index contributed by atoms with van der Waals surface area (Å²) >= 11 is 0. The van der Waals surface area contributed by atoms with Crippen molar-refractivity contribution in [1.82, 2.24) is 20.1 Å². The summed E-state index contributed by atoms with van der Waals surface area (Å²) in [5.41, 5.74) is 2.40. The normalized spacial score (nSPS) is 23.0. The highest BCUT2D eigenvalue weighted by Crippen LogP contribution is 2.50. The van der Waals surface area contributed by atoms with Crippen LogP contribution in [0.4, 0.5) is 5.95 Å². The van der Waals surface area contributed by atoms with Crippen molar-refractivity contribution in [2.24, 2.45) is 4.90 Å². The number of fused-ring (bicyclic) bond motifs is 1. The Morgan fingerprint density at radius 3 is 2.11 bits per heavy atom. The van der Waals surface area contributed by atoms with Gasteiger partial charge < -0.3 is 14.8 Å². The molecule has 0 saturated heterocycles. The van der Waals surface area contributed by atoms with Gasteiger partial charge in [-0.25, -0.2) is 0 Å². The van der Waals surface area contributed by atoms with Gasteiger partial charge in [-0.3, -0.25) is 0 Å². The molecule has 2 fully saturated rings. The van der Waals surface area contributed by atoms with E-state index in [-0.39, 0.29) is 0 Å². The Hall–Kier alpha value is -2.18. The maximum Gasteiger partial charge on any atom is 0.233 e. The molecule has 0 bridgehead atoms. The summed E-state index contributed by atoms with van der Waals surface area (Å²) in [6.45, 7) is 2.12. The minimum Gasteiger partial charge on any atom is -0.458 e. The largest absolute Gasteiger partial charge is 0.458 e. The number of benzene rings is 1. The van der Waals surface area contributed by atoms with Crippen molar-refractivity contribution in [2.75, 3.05) is 5.32 Å². The smallest absolute Gasteiger partial charge is 0.233 e. The maximum absolute atomic E-state index is 5.56. The van der Waals surface area contributed by atoms with Gasteiger partial charge in [-0.1, -0.05) is 104 Å². The minimum absolute atomic E-state index is 0.571. The topological polar surface area (TPSA) is 68.0 Å². The first-order chi connectivity index (χ1) is 13.8. The second kappa shape index (κ2) is 7.34. The zero-order valence-electron chi connectivity index (χ0n) is 16.8. The SMILES string of the molecule is Cc1ccc(C2=N[B-](C3CCCCC3)(C3CCCCC3)n3nnnc3N2)cc1. The Labute approximate surface area is 167 Å². The van der Waals surface area contributed by atoms with Gasteiger partial charge in [0, 0.05) is 5.56 Å². The molecule has 1 aromatic heterocycles. The molecule has 0 spiro atoms. The zero-order valence-corrected chi connectivity index (χ0v) is 16.8. The van der Waals surface area contributed by atoms with E-state index in [1.54, 1.807) is 0 Å². The quantitative estimate of drug-likeness (QED) is 0.780. The first-order valence-corrected chi connectivity index (χ1v) is 11.2. The lowest BCUT2D eigenvalue weighted by atomic mass is 9.27. The number of tetrazole rings is 1. The summed E-state index contributed by atoms with van der Waals surface area (Å²) in [6, 6.07) is 8.66. The summed E-state index contributed by atoms with van der Waals surface area (Å²) in [7, 11) is 0. The van der Waals surface area contributed by atoms with Gasteiger partial charge in [0.15, 0.2) is 0 Å². The van der Waals surface area contributed by atoms with Crippen LogP contribution < -0.4 is 5.32 Å². The number of anilines is 1. The van der Waals surface area contributed by atoms with E-state index in [2.05, 4.69) is 56.6 Å². The van der Waals surface area contributed by atoms with Gasteiger partial charge in [0.25, 0.3) is 0 Å². The van der Waals surface area contributed by atoms with E-state index in [1.165, 1.54) is 69.8 Å². The second-order valence-electron chi connectivity index (χ2n) is 9.12. The lowest BCUT2D eigenvalue weighted by Crippen LogP contribution is -2.56. The van der Waals surface area contributed by atoms with Crippen LogP contribution in [0.1, 0.15) is 75.3 Å². The van der Waals surface area contributed by atoms with Gasteiger partial charge >= 0.3 is 0 Å². The lowest BCUT2D eigenvalue weighted by molar-refractivity contribution is 0.439. The van der Waals surface area contributed by atoms with Crippen LogP contribution in [0.5, 0.6) is 0 Å². The number of amidine groups is 1. The van der Waals surface area contributed by atoms with Gasteiger partial charge in [-0.15, -0.1) is 11.6 Å².